The molecule has 3 aromatic rings. The second kappa shape index (κ2) is 5.83. The van der Waals surface area contributed by atoms with Gasteiger partial charge >= 0.3 is 0 Å². The van der Waals surface area contributed by atoms with E-state index in [1.807, 2.05) is 49.0 Å². The Kier molecular flexibility index (Phi) is 3.90. The molecule has 0 unspecified atom stereocenters. The Morgan fingerprint density at radius 1 is 1.33 bits per heavy atom. The molecular formula is C15H12BrN3OS. The molecule has 4 nitrogen and oxygen atoms in total. The Morgan fingerprint density at radius 3 is 2.86 bits per heavy atom. The van der Waals surface area contributed by atoms with Gasteiger partial charge in [-0.05, 0) is 39.5 Å². The molecule has 6 heteroatoms. The maximum Gasteiger partial charge on any atom is 0.265 e. The van der Waals surface area contributed by atoms with E-state index in [0.717, 1.165) is 21.4 Å². The molecule has 0 bridgehead atoms. The minimum atomic E-state index is -0.0952. The molecule has 1 amide bonds. The lowest BCUT2D eigenvalue weighted by Gasteiger charge is -2.05. The highest BCUT2D eigenvalue weighted by molar-refractivity contribution is 9.10. The van der Waals surface area contributed by atoms with Gasteiger partial charge in [0.1, 0.15) is 5.69 Å². The number of nitrogens with one attached hydrogen (secondary N) is 1. The Labute approximate surface area is 134 Å². The summed E-state index contributed by atoms with van der Waals surface area (Å²) in [4.78, 5) is 12.8. The number of hydrogen-bond donors (Lipinski definition) is 1. The predicted octanol–water partition coefficient (Wildman–Crippen LogP) is 4.16. The number of anilines is 1. The third kappa shape index (κ3) is 3.06. The highest BCUT2D eigenvalue weighted by atomic mass is 79.9. The molecule has 0 saturated carbocycles. The molecule has 1 aromatic carbocycles. The Morgan fingerprint density at radius 2 is 2.19 bits per heavy atom. The molecular weight excluding hydrogens is 350 g/mol. The molecule has 3 rings (SSSR count). The summed E-state index contributed by atoms with van der Waals surface area (Å²) < 4.78 is 2.67. The average Bonchev–Trinajstić information content (AvgIpc) is 3.08. The van der Waals surface area contributed by atoms with E-state index in [2.05, 4.69) is 26.3 Å². The summed E-state index contributed by atoms with van der Waals surface area (Å²) >= 11 is 4.91. The molecule has 21 heavy (non-hydrogen) atoms. The lowest BCUT2D eigenvalue weighted by Crippen LogP contribution is -2.09. The van der Waals surface area contributed by atoms with Gasteiger partial charge in [0, 0.05) is 24.5 Å². The molecule has 1 N–H and O–H groups in total. The minimum Gasteiger partial charge on any atom is -0.321 e. The van der Waals surface area contributed by atoms with Crippen LogP contribution >= 0.6 is 27.3 Å². The summed E-state index contributed by atoms with van der Waals surface area (Å²) in [5, 5.41) is 9.20. The molecule has 0 aliphatic rings. The SMILES string of the molecule is Cn1cc(Br)c(-c2cccc(NC(=O)c3cccs3)c2)n1. The van der Waals surface area contributed by atoms with Gasteiger partial charge in [0.15, 0.2) is 0 Å². The van der Waals surface area contributed by atoms with Crippen LogP contribution in [0.25, 0.3) is 11.3 Å². The van der Waals surface area contributed by atoms with Gasteiger partial charge in [-0.2, -0.15) is 5.10 Å². The molecule has 2 heterocycles. The van der Waals surface area contributed by atoms with Gasteiger partial charge in [-0.1, -0.05) is 18.2 Å². The van der Waals surface area contributed by atoms with Gasteiger partial charge in [0.2, 0.25) is 0 Å². The lowest BCUT2D eigenvalue weighted by atomic mass is 10.1. The lowest BCUT2D eigenvalue weighted by molar-refractivity contribution is 0.103. The Hall–Kier alpha value is -1.92. The van der Waals surface area contributed by atoms with Gasteiger partial charge in [-0.15, -0.1) is 11.3 Å². The zero-order valence-electron chi connectivity index (χ0n) is 11.2. The van der Waals surface area contributed by atoms with Gasteiger partial charge in [-0.3, -0.25) is 9.48 Å². The van der Waals surface area contributed by atoms with Gasteiger partial charge in [0.05, 0.1) is 9.35 Å². The van der Waals surface area contributed by atoms with Crippen LogP contribution in [0.3, 0.4) is 0 Å². The predicted molar refractivity (Wildman–Crippen MR) is 88.6 cm³/mol. The fraction of sp³-hybridized carbons (Fsp3) is 0.0667. The molecule has 0 fully saturated rings. The normalized spacial score (nSPS) is 10.6. The summed E-state index contributed by atoms with van der Waals surface area (Å²) in [6.45, 7) is 0. The van der Waals surface area contributed by atoms with Crippen LogP contribution in [0.4, 0.5) is 5.69 Å². The maximum atomic E-state index is 12.1. The van der Waals surface area contributed by atoms with Crippen molar-refractivity contribution in [3.63, 3.8) is 0 Å². The number of amides is 1. The molecule has 106 valence electrons. The van der Waals surface area contributed by atoms with Gasteiger partial charge in [0.25, 0.3) is 5.91 Å². The second-order valence-corrected chi connectivity index (χ2v) is 6.31. The van der Waals surface area contributed by atoms with Crippen molar-refractivity contribution in [2.75, 3.05) is 5.32 Å². The van der Waals surface area contributed by atoms with Crippen molar-refractivity contribution in [1.82, 2.24) is 9.78 Å². The molecule has 0 aliphatic heterocycles. The fourth-order valence-electron chi connectivity index (χ4n) is 2.00. The van der Waals surface area contributed by atoms with Crippen molar-refractivity contribution in [2.45, 2.75) is 0 Å². The number of halogens is 1. The van der Waals surface area contributed by atoms with Crippen molar-refractivity contribution in [3.8, 4) is 11.3 Å². The van der Waals surface area contributed by atoms with Crippen molar-refractivity contribution in [1.29, 1.82) is 0 Å². The largest absolute Gasteiger partial charge is 0.321 e. The summed E-state index contributed by atoms with van der Waals surface area (Å²) in [5.74, 6) is -0.0952. The summed E-state index contributed by atoms with van der Waals surface area (Å²) in [6, 6.07) is 11.3. The second-order valence-electron chi connectivity index (χ2n) is 4.51. The standard InChI is InChI=1S/C15H12BrN3OS/c1-19-9-12(16)14(18-19)10-4-2-5-11(8-10)17-15(20)13-6-3-7-21-13/h2-9H,1H3,(H,17,20). The number of rotatable bonds is 3. The number of aromatic nitrogens is 2. The van der Waals surface area contributed by atoms with Crippen LogP contribution < -0.4 is 5.32 Å². The number of benzene rings is 1. The summed E-state index contributed by atoms with van der Waals surface area (Å²) in [6.07, 6.45) is 1.90. The topological polar surface area (TPSA) is 46.9 Å². The minimum absolute atomic E-state index is 0.0952. The van der Waals surface area contributed by atoms with Crippen LogP contribution in [0.15, 0.2) is 52.4 Å². The van der Waals surface area contributed by atoms with Crippen LogP contribution in [0, 0.1) is 0 Å². The molecule has 0 radical (unpaired) electrons. The van der Waals surface area contributed by atoms with Crippen LogP contribution in [0.1, 0.15) is 9.67 Å². The van der Waals surface area contributed by atoms with E-state index in [9.17, 15) is 4.79 Å². The van der Waals surface area contributed by atoms with Crippen LogP contribution in [0.2, 0.25) is 0 Å². The number of thiophene rings is 1. The van der Waals surface area contributed by atoms with E-state index in [-0.39, 0.29) is 5.91 Å². The molecule has 0 saturated heterocycles. The maximum absolute atomic E-state index is 12.1. The summed E-state index contributed by atoms with van der Waals surface area (Å²) in [5.41, 5.74) is 2.56. The molecule has 0 aliphatic carbocycles. The van der Waals surface area contributed by atoms with Gasteiger partial charge < -0.3 is 5.32 Å². The smallest absolute Gasteiger partial charge is 0.265 e. The Bertz CT molecular complexity index is 780. The van der Waals surface area contributed by atoms with E-state index < -0.39 is 0 Å². The van der Waals surface area contributed by atoms with Crippen LogP contribution in [0.5, 0.6) is 0 Å². The van der Waals surface area contributed by atoms with E-state index in [4.69, 9.17) is 0 Å². The quantitative estimate of drug-likeness (QED) is 0.760. The zero-order valence-corrected chi connectivity index (χ0v) is 13.6. The van der Waals surface area contributed by atoms with Crippen LogP contribution in [-0.2, 0) is 7.05 Å². The first-order chi connectivity index (χ1) is 10.1. The number of carbonyl (C=O) groups excluding carboxylic acids is 1. The third-order valence-corrected chi connectivity index (χ3v) is 4.37. The number of aryl methyl sites for hydroxylation is 1. The first kappa shape index (κ1) is 14.0. The monoisotopic (exact) mass is 361 g/mol. The first-order valence-electron chi connectivity index (χ1n) is 6.28. The number of hydrogen-bond acceptors (Lipinski definition) is 3. The molecule has 2 aromatic heterocycles. The third-order valence-electron chi connectivity index (χ3n) is 2.92. The van der Waals surface area contributed by atoms with Crippen molar-refractivity contribution in [3.05, 3.63) is 57.3 Å². The molecule has 0 spiro atoms. The number of carbonyl (C=O) groups is 1. The highest BCUT2D eigenvalue weighted by Gasteiger charge is 2.10. The highest BCUT2D eigenvalue weighted by Crippen LogP contribution is 2.28. The van der Waals surface area contributed by atoms with E-state index in [1.165, 1.54) is 11.3 Å². The van der Waals surface area contributed by atoms with E-state index in [1.54, 1.807) is 10.7 Å². The van der Waals surface area contributed by atoms with E-state index >= 15 is 0 Å². The summed E-state index contributed by atoms with van der Waals surface area (Å²) in [7, 11) is 1.87. The fourth-order valence-corrected chi connectivity index (χ4v) is 3.22. The van der Waals surface area contributed by atoms with Crippen molar-refractivity contribution >= 4 is 38.9 Å². The van der Waals surface area contributed by atoms with Crippen molar-refractivity contribution in [2.24, 2.45) is 7.05 Å². The number of nitrogens with zero attached hydrogens (tertiary/aromatic N) is 2. The Balaban J connectivity index is 1.87. The van der Waals surface area contributed by atoms with Crippen molar-refractivity contribution < 1.29 is 4.79 Å². The first-order valence-corrected chi connectivity index (χ1v) is 7.95. The van der Waals surface area contributed by atoms with Crippen LogP contribution in [-0.4, -0.2) is 15.7 Å². The average molecular weight is 362 g/mol. The van der Waals surface area contributed by atoms with Gasteiger partial charge in [-0.25, -0.2) is 0 Å². The molecule has 0 atom stereocenters. The zero-order chi connectivity index (χ0) is 14.8. The van der Waals surface area contributed by atoms with E-state index in [0.29, 0.717) is 4.88 Å².